The summed E-state index contributed by atoms with van der Waals surface area (Å²) in [5, 5.41) is 8.09. The Kier molecular flexibility index (Phi) is 4.85. The number of furan rings is 1. The minimum atomic E-state index is -0.309. The van der Waals surface area contributed by atoms with Gasteiger partial charge >= 0.3 is 0 Å². The van der Waals surface area contributed by atoms with Crippen molar-refractivity contribution in [1.82, 2.24) is 10.2 Å². The first kappa shape index (κ1) is 16.5. The molecule has 0 aliphatic rings. The van der Waals surface area contributed by atoms with Gasteiger partial charge in [0.1, 0.15) is 5.76 Å². The molecule has 0 fully saturated rings. The number of hydrogen-bond acceptors (Lipinski definition) is 6. The molecule has 124 valence electrons. The van der Waals surface area contributed by atoms with E-state index in [-0.39, 0.29) is 11.0 Å². The average molecular weight is 342 g/mol. The zero-order chi connectivity index (χ0) is 17.1. The zero-order valence-electron chi connectivity index (χ0n) is 13.8. The third-order valence-corrected chi connectivity index (χ3v) is 4.72. The van der Waals surface area contributed by atoms with Gasteiger partial charge in [-0.1, -0.05) is 43.0 Å². The van der Waals surface area contributed by atoms with Crippen molar-refractivity contribution in [2.75, 3.05) is 0 Å². The second kappa shape index (κ2) is 7.05. The Morgan fingerprint density at radius 3 is 2.58 bits per heavy atom. The topological polar surface area (TPSA) is 69.1 Å². The molecule has 0 amide bonds. The maximum Gasteiger partial charge on any atom is 0.277 e. The maximum atomic E-state index is 12.5. The zero-order valence-corrected chi connectivity index (χ0v) is 14.6. The van der Waals surface area contributed by atoms with Gasteiger partial charge in [0.2, 0.25) is 0 Å². The Labute approximate surface area is 144 Å². The lowest BCUT2D eigenvalue weighted by atomic mass is 10.1. The number of benzene rings is 1. The van der Waals surface area contributed by atoms with Crippen LogP contribution in [0.3, 0.4) is 0 Å². The summed E-state index contributed by atoms with van der Waals surface area (Å²) in [6.45, 7) is 5.76. The summed E-state index contributed by atoms with van der Waals surface area (Å²) in [5.41, 5.74) is 2.67. The first-order chi connectivity index (χ1) is 11.6. The molecule has 2 heterocycles. The van der Waals surface area contributed by atoms with Crippen LogP contribution < -0.4 is 0 Å². The van der Waals surface area contributed by atoms with Crippen LogP contribution in [0.25, 0.3) is 11.5 Å². The molecule has 0 spiro atoms. The molecule has 0 aliphatic carbocycles. The largest absolute Gasteiger partial charge is 0.469 e. The van der Waals surface area contributed by atoms with Crippen LogP contribution in [0.2, 0.25) is 0 Å². The number of nitrogens with zero attached hydrogens (tertiary/aromatic N) is 2. The molecule has 3 rings (SSSR count). The third-order valence-electron chi connectivity index (χ3n) is 3.79. The Morgan fingerprint density at radius 1 is 1.21 bits per heavy atom. The SMILES string of the molecule is CCc1ccc(C(=O)[C@@H](C)Sc2nnc(-c3ccoc3C)o2)cc1. The Morgan fingerprint density at radius 2 is 1.96 bits per heavy atom. The fraction of sp³-hybridized carbons (Fsp3) is 0.278. The lowest BCUT2D eigenvalue weighted by Crippen LogP contribution is -2.13. The van der Waals surface area contributed by atoms with Gasteiger partial charge < -0.3 is 8.83 Å². The molecule has 24 heavy (non-hydrogen) atoms. The van der Waals surface area contributed by atoms with Crippen LogP contribution in [0.15, 0.2) is 50.7 Å². The predicted molar refractivity (Wildman–Crippen MR) is 92.2 cm³/mol. The molecule has 2 aromatic heterocycles. The highest BCUT2D eigenvalue weighted by Gasteiger charge is 2.20. The van der Waals surface area contributed by atoms with Crippen molar-refractivity contribution in [1.29, 1.82) is 0 Å². The van der Waals surface area contributed by atoms with Crippen molar-refractivity contribution in [2.45, 2.75) is 37.7 Å². The lowest BCUT2D eigenvalue weighted by molar-refractivity contribution is 0.0993. The number of carbonyl (C=O) groups is 1. The fourth-order valence-electron chi connectivity index (χ4n) is 2.32. The van der Waals surface area contributed by atoms with E-state index in [9.17, 15) is 4.79 Å². The molecule has 0 bridgehead atoms. The van der Waals surface area contributed by atoms with Crippen LogP contribution in [0.4, 0.5) is 0 Å². The third kappa shape index (κ3) is 3.43. The van der Waals surface area contributed by atoms with E-state index in [4.69, 9.17) is 8.83 Å². The fourth-order valence-corrected chi connectivity index (χ4v) is 3.08. The van der Waals surface area contributed by atoms with Crippen LogP contribution in [-0.2, 0) is 6.42 Å². The summed E-state index contributed by atoms with van der Waals surface area (Å²) >= 11 is 1.26. The van der Waals surface area contributed by atoms with Crippen LogP contribution in [0.5, 0.6) is 0 Å². The van der Waals surface area contributed by atoms with Gasteiger partial charge in [0.15, 0.2) is 5.78 Å². The van der Waals surface area contributed by atoms with Gasteiger partial charge in [-0.15, -0.1) is 10.2 Å². The van der Waals surface area contributed by atoms with Gasteiger partial charge in [-0.2, -0.15) is 0 Å². The van der Waals surface area contributed by atoms with Gasteiger partial charge in [-0.25, -0.2) is 0 Å². The molecule has 0 N–H and O–H groups in total. The number of rotatable bonds is 6. The minimum absolute atomic E-state index is 0.0434. The van der Waals surface area contributed by atoms with Crippen LogP contribution in [0, 0.1) is 6.92 Å². The van der Waals surface area contributed by atoms with E-state index >= 15 is 0 Å². The molecule has 5 nitrogen and oxygen atoms in total. The van der Waals surface area contributed by atoms with E-state index in [2.05, 4.69) is 17.1 Å². The number of ketones is 1. The van der Waals surface area contributed by atoms with Crippen molar-refractivity contribution in [3.05, 3.63) is 53.5 Å². The van der Waals surface area contributed by atoms with Crippen molar-refractivity contribution in [3.63, 3.8) is 0 Å². The Balaban J connectivity index is 1.70. The van der Waals surface area contributed by atoms with Crippen molar-refractivity contribution < 1.29 is 13.6 Å². The van der Waals surface area contributed by atoms with Crippen LogP contribution >= 0.6 is 11.8 Å². The Bertz CT molecular complexity index is 836. The standard InChI is InChI=1S/C18H18N2O3S/c1-4-13-5-7-14(8-6-13)16(21)12(3)24-18-20-19-17(23-18)15-9-10-22-11(15)2/h5-10,12H,4H2,1-3H3/t12-/m1/s1. The molecule has 0 unspecified atom stereocenters. The molecule has 0 saturated heterocycles. The van der Waals surface area contributed by atoms with E-state index in [1.54, 1.807) is 12.3 Å². The maximum absolute atomic E-state index is 12.5. The van der Waals surface area contributed by atoms with E-state index < -0.39 is 0 Å². The molecule has 0 aliphatic heterocycles. The van der Waals surface area contributed by atoms with Crippen molar-refractivity contribution in [3.8, 4) is 11.5 Å². The molecule has 1 aromatic carbocycles. The highest BCUT2D eigenvalue weighted by atomic mass is 32.2. The average Bonchev–Trinajstić information content (AvgIpc) is 3.22. The van der Waals surface area contributed by atoms with E-state index in [0.717, 1.165) is 17.7 Å². The van der Waals surface area contributed by atoms with Crippen LogP contribution in [-0.4, -0.2) is 21.2 Å². The summed E-state index contributed by atoms with van der Waals surface area (Å²) in [4.78, 5) is 12.5. The molecule has 0 saturated carbocycles. The summed E-state index contributed by atoms with van der Waals surface area (Å²) in [6, 6.07) is 9.48. The highest BCUT2D eigenvalue weighted by Crippen LogP contribution is 2.29. The number of aryl methyl sites for hydroxylation is 2. The molecular weight excluding hydrogens is 324 g/mol. The lowest BCUT2D eigenvalue weighted by Gasteiger charge is -2.08. The van der Waals surface area contributed by atoms with Gasteiger partial charge in [0.05, 0.1) is 17.1 Å². The van der Waals surface area contributed by atoms with Gasteiger partial charge in [-0.05, 0) is 31.9 Å². The number of Topliss-reactive ketones (excluding diaryl/α,β-unsaturated/α-hetero) is 1. The minimum Gasteiger partial charge on any atom is -0.469 e. The van der Waals surface area contributed by atoms with Crippen LogP contribution in [0.1, 0.15) is 35.5 Å². The second-order valence-corrected chi connectivity index (χ2v) is 6.73. The monoisotopic (exact) mass is 342 g/mol. The highest BCUT2D eigenvalue weighted by molar-refractivity contribution is 8.00. The predicted octanol–water partition coefficient (Wildman–Crippen LogP) is 4.56. The van der Waals surface area contributed by atoms with E-state index in [1.165, 1.54) is 17.3 Å². The summed E-state index contributed by atoms with van der Waals surface area (Å²) in [5.74, 6) is 1.16. The summed E-state index contributed by atoms with van der Waals surface area (Å²) in [7, 11) is 0. The molecular formula is C18H18N2O3S. The van der Waals surface area contributed by atoms with E-state index in [1.807, 2.05) is 38.1 Å². The van der Waals surface area contributed by atoms with Crippen molar-refractivity contribution in [2.24, 2.45) is 0 Å². The number of aromatic nitrogens is 2. The van der Waals surface area contributed by atoms with E-state index in [0.29, 0.717) is 16.7 Å². The quantitative estimate of drug-likeness (QED) is 0.483. The first-order valence-electron chi connectivity index (χ1n) is 7.76. The van der Waals surface area contributed by atoms with Crippen molar-refractivity contribution >= 4 is 17.5 Å². The number of thioether (sulfide) groups is 1. The normalized spacial score (nSPS) is 12.3. The summed E-state index contributed by atoms with van der Waals surface area (Å²) in [6.07, 6.45) is 2.53. The smallest absolute Gasteiger partial charge is 0.277 e. The Hall–Kier alpha value is -2.34. The molecule has 6 heteroatoms. The summed E-state index contributed by atoms with van der Waals surface area (Å²) < 4.78 is 10.9. The molecule has 0 radical (unpaired) electrons. The molecule has 3 aromatic rings. The van der Waals surface area contributed by atoms with Gasteiger partial charge in [0.25, 0.3) is 11.1 Å². The first-order valence-corrected chi connectivity index (χ1v) is 8.64. The number of carbonyl (C=O) groups excluding carboxylic acids is 1. The number of hydrogen-bond donors (Lipinski definition) is 0. The molecule has 1 atom stereocenters. The van der Waals surface area contributed by atoms with Gasteiger partial charge in [0, 0.05) is 5.56 Å². The second-order valence-electron chi connectivity index (χ2n) is 5.44. The van der Waals surface area contributed by atoms with Gasteiger partial charge in [-0.3, -0.25) is 4.79 Å².